The first kappa shape index (κ1) is 22.7. The quantitative estimate of drug-likeness (QED) is 0.397. The molecule has 0 bridgehead atoms. The number of hydrogen-bond donors (Lipinski definition) is 2. The number of aromatic nitrogens is 1. The first-order valence-electron chi connectivity index (χ1n) is 10.9. The highest BCUT2D eigenvalue weighted by molar-refractivity contribution is 5.80. The zero-order valence-electron chi connectivity index (χ0n) is 17.5. The van der Waals surface area contributed by atoms with Gasteiger partial charge in [0.25, 0.3) is 0 Å². The molecule has 1 aliphatic carbocycles. The van der Waals surface area contributed by atoms with Crippen LogP contribution < -0.4 is 15.4 Å². The van der Waals surface area contributed by atoms with Crippen molar-refractivity contribution in [3.63, 3.8) is 0 Å². The van der Waals surface area contributed by atoms with E-state index >= 15 is 0 Å². The minimum Gasteiger partial charge on any atom is -0.475 e. The van der Waals surface area contributed by atoms with E-state index in [0.717, 1.165) is 38.0 Å². The summed E-state index contributed by atoms with van der Waals surface area (Å²) in [6.07, 6.45) is 4.30. The Labute approximate surface area is 176 Å². The molecular weight excluding hydrogens is 395 g/mol. The minimum atomic E-state index is -4.49. The van der Waals surface area contributed by atoms with Gasteiger partial charge in [-0.2, -0.15) is 13.2 Å². The standard InChI is InChI=1S/C21H32F3N5O/c1-2-25-20(28-16-9-13-29(14-10-16)17-6-3-4-7-17)27-12-15-30-19-18(21(22,23)24)8-5-11-26-19/h5,8,11,16-17H,2-4,6-7,9-10,12-15H2,1H3,(H2,25,27,28). The van der Waals surface area contributed by atoms with Gasteiger partial charge in [0.2, 0.25) is 5.88 Å². The molecule has 0 spiro atoms. The van der Waals surface area contributed by atoms with Crippen molar-refractivity contribution in [2.24, 2.45) is 4.99 Å². The molecule has 0 radical (unpaired) electrons. The number of hydrogen-bond acceptors (Lipinski definition) is 4. The summed E-state index contributed by atoms with van der Waals surface area (Å²) in [4.78, 5) is 10.8. The lowest BCUT2D eigenvalue weighted by atomic mass is 10.0. The van der Waals surface area contributed by atoms with E-state index in [4.69, 9.17) is 4.74 Å². The van der Waals surface area contributed by atoms with Gasteiger partial charge in [-0.05, 0) is 44.7 Å². The molecule has 2 heterocycles. The number of rotatable bonds is 7. The Morgan fingerprint density at radius 1 is 1.23 bits per heavy atom. The number of pyridine rings is 1. The number of piperidine rings is 1. The molecule has 1 saturated heterocycles. The van der Waals surface area contributed by atoms with Crippen LogP contribution in [0.5, 0.6) is 5.88 Å². The SMILES string of the molecule is CCNC(=NCCOc1ncccc1C(F)(F)F)NC1CCN(C2CCCC2)CC1. The molecule has 3 rings (SSSR count). The third kappa shape index (κ3) is 6.48. The predicted octanol–water partition coefficient (Wildman–Crippen LogP) is 3.44. The average molecular weight is 428 g/mol. The van der Waals surface area contributed by atoms with Gasteiger partial charge in [-0.1, -0.05) is 12.8 Å². The van der Waals surface area contributed by atoms with Gasteiger partial charge in [0, 0.05) is 37.9 Å². The molecule has 168 valence electrons. The Kier molecular flexibility index (Phi) is 8.18. The normalized spacial score (nSPS) is 19.8. The fourth-order valence-electron chi connectivity index (χ4n) is 4.21. The summed E-state index contributed by atoms with van der Waals surface area (Å²) in [5, 5.41) is 6.67. The highest BCUT2D eigenvalue weighted by Gasteiger charge is 2.35. The number of guanidine groups is 1. The summed E-state index contributed by atoms with van der Waals surface area (Å²) in [7, 11) is 0. The minimum absolute atomic E-state index is 0.0246. The van der Waals surface area contributed by atoms with Gasteiger partial charge < -0.3 is 20.3 Å². The smallest absolute Gasteiger partial charge is 0.421 e. The average Bonchev–Trinajstić information content (AvgIpc) is 3.26. The van der Waals surface area contributed by atoms with E-state index in [1.54, 1.807) is 0 Å². The summed E-state index contributed by atoms with van der Waals surface area (Å²) >= 11 is 0. The highest BCUT2D eigenvalue weighted by Crippen LogP contribution is 2.34. The molecule has 2 aliphatic rings. The fraction of sp³-hybridized carbons (Fsp3) is 0.714. The monoisotopic (exact) mass is 427 g/mol. The molecule has 6 nitrogen and oxygen atoms in total. The molecule has 1 aliphatic heterocycles. The fourth-order valence-corrected chi connectivity index (χ4v) is 4.21. The number of halogens is 3. The van der Waals surface area contributed by atoms with Crippen molar-refractivity contribution in [2.75, 3.05) is 32.8 Å². The second-order valence-electron chi connectivity index (χ2n) is 7.86. The van der Waals surface area contributed by atoms with Crippen LogP contribution in [-0.2, 0) is 6.18 Å². The van der Waals surface area contributed by atoms with Crippen molar-refractivity contribution in [3.8, 4) is 5.88 Å². The van der Waals surface area contributed by atoms with Gasteiger partial charge >= 0.3 is 6.18 Å². The highest BCUT2D eigenvalue weighted by atomic mass is 19.4. The molecule has 0 unspecified atom stereocenters. The van der Waals surface area contributed by atoms with Crippen molar-refractivity contribution >= 4 is 5.96 Å². The molecular formula is C21H32F3N5O. The van der Waals surface area contributed by atoms with Gasteiger partial charge in [-0.3, -0.25) is 0 Å². The van der Waals surface area contributed by atoms with E-state index in [0.29, 0.717) is 18.5 Å². The molecule has 0 amide bonds. The molecule has 30 heavy (non-hydrogen) atoms. The van der Waals surface area contributed by atoms with E-state index < -0.39 is 17.6 Å². The number of ether oxygens (including phenoxy) is 1. The molecule has 1 aromatic rings. The van der Waals surface area contributed by atoms with Crippen LogP contribution in [0.3, 0.4) is 0 Å². The molecule has 1 saturated carbocycles. The van der Waals surface area contributed by atoms with Crippen LogP contribution in [-0.4, -0.2) is 60.7 Å². The third-order valence-corrected chi connectivity index (χ3v) is 5.73. The topological polar surface area (TPSA) is 61.8 Å². The van der Waals surface area contributed by atoms with Gasteiger partial charge in [0.05, 0.1) is 6.54 Å². The second kappa shape index (κ2) is 10.8. The zero-order valence-corrected chi connectivity index (χ0v) is 17.5. The lowest BCUT2D eigenvalue weighted by molar-refractivity contribution is -0.139. The van der Waals surface area contributed by atoms with Gasteiger partial charge in [-0.15, -0.1) is 0 Å². The van der Waals surface area contributed by atoms with E-state index in [1.165, 1.54) is 37.9 Å². The van der Waals surface area contributed by atoms with E-state index in [2.05, 4.69) is 25.5 Å². The van der Waals surface area contributed by atoms with Crippen LogP contribution in [0.1, 0.15) is 51.0 Å². The van der Waals surface area contributed by atoms with Crippen LogP contribution in [0.2, 0.25) is 0 Å². The Hall–Kier alpha value is -2.03. The summed E-state index contributed by atoms with van der Waals surface area (Å²) in [6, 6.07) is 3.33. The molecule has 2 fully saturated rings. The molecule has 9 heteroatoms. The van der Waals surface area contributed by atoms with Gasteiger partial charge in [-0.25, -0.2) is 9.98 Å². The summed E-state index contributed by atoms with van der Waals surface area (Å²) in [6.45, 7) is 5.17. The second-order valence-corrected chi connectivity index (χ2v) is 7.86. The van der Waals surface area contributed by atoms with Gasteiger partial charge in [0.15, 0.2) is 5.96 Å². The molecule has 2 N–H and O–H groups in total. The number of aliphatic imine (C=N–C) groups is 1. The van der Waals surface area contributed by atoms with Gasteiger partial charge in [0.1, 0.15) is 12.2 Å². The van der Waals surface area contributed by atoms with Crippen molar-refractivity contribution in [3.05, 3.63) is 23.9 Å². The van der Waals surface area contributed by atoms with Crippen LogP contribution in [0.25, 0.3) is 0 Å². The maximum Gasteiger partial charge on any atom is 0.421 e. The van der Waals surface area contributed by atoms with Crippen LogP contribution in [0, 0.1) is 0 Å². The van der Waals surface area contributed by atoms with Crippen molar-refractivity contribution < 1.29 is 17.9 Å². The lowest BCUT2D eigenvalue weighted by Crippen LogP contribution is -2.50. The number of alkyl halides is 3. The van der Waals surface area contributed by atoms with Crippen LogP contribution >= 0.6 is 0 Å². The Morgan fingerprint density at radius 2 is 1.97 bits per heavy atom. The van der Waals surface area contributed by atoms with E-state index in [9.17, 15) is 13.2 Å². The molecule has 0 atom stereocenters. The Bertz CT molecular complexity index is 683. The largest absolute Gasteiger partial charge is 0.475 e. The first-order valence-corrected chi connectivity index (χ1v) is 10.9. The number of likely N-dealkylation sites (tertiary alicyclic amines) is 1. The molecule has 0 aromatic carbocycles. The molecule has 1 aromatic heterocycles. The van der Waals surface area contributed by atoms with E-state index in [-0.39, 0.29) is 13.2 Å². The Balaban J connectivity index is 1.46. The summed E-state index contributed by atoms with van der Waals surface area (Å²) in [5.41, 5.74) is -0.868. The first-order chi connectivity index (χ1) is 14.5. The maximum absolute atomic E-state index is 13.0. The zero-order chi connectivity index (χ0) is 21.4. The van der Waals surface area contributed by atoms with E-state index in [1.807, 2.05) is 6.92 Å². The predicted molar refractivity (Wildman–Crippen MR) is 111 cm³/mol. The van der Waals surface area contributed by atoms with Crippen molar-refractivity contribution in [1.29, 1.82) is 0 Å². The Morgan fingerprint density at radius 3 is 2.63 bits per heavy atom. The number of nitrogens with zero attached hydrogens (tertiary/aromatic N) is 3. The maximum atomic E-state index is 13.0. The van der Waals surface area contributed by atoms with Crippen LogP contribution in [0.4, 0.5) is 13.2 Å². The van der Waals surface area contributed by atoms with Crippen molar-refractivity contribution in [2.45, 2.75) is 63.7 Å². The van der Waals surface area contributed by atoms with Crippen LogP contribution in [0.15, 0.2) is 23.3 Å². The summed E-state index contributed by atoms with van der Waals surface area (Å²) < 4.78 is 44.3. The summed E-state index contributed by atoms with van der Waals surface area (Å²) in [5.74, 6) is 0.273. The number of nitrogens with one attached hydrogen (secondary N) is 2. The third-order valence-electron chi connectivity index (χ3n) is 5.73. The van der Waals surface area contributed by atoms with Crippen molar-refractivity contribution in [1.82, 2.24) is 20.5 Å². The lowest BCUT2D eigenvalue weighted by Gasteiger charge is -2.36.